The highest BCUT2D eigenvalue weighted by molar-refractivity contribution is 7.99. The molecule has 3 heteroatoms. The minimum Gasteiger partial charge on any atom is -0.375 e. The Bertz CT molecular complexity index is 260. The highest BCUT2D eigenvalue weighted by Crippen LogP contribution is 2.41. The molecule has 2 fully saturated rings. The lowest BCUT2D eigenvalue weighted by Gasteiger charge is -2.45. The maximum atomic E-state index is 6.25. The van der Waals surface area contributed by atoms with Gasteiger partial charge in [0.1, 0.15) is 0 Å². The van der Waals surface area contributed by atoms with Crippen LogP contribution in [0, 0.1) is 5.92 Å². The Labute approximate surface area is 129 Å². The van der Waals surface area contributed by atoms with Crippen molar-refractivity contribution in [2.75, 3.05) is 24.7 Å². The molecule has 2 rings (SSSR count). The fourth-order valence-electron chi connectivity index (χ4n) is 3.88. The van der Waals surface area contributed by atoms with Crippen molar-refractivity contribution in [3.05, 3.63) is 0 Å². The summed E-state index contributed by atoms with van der Waals surface area (Å²) in [5, 5.41) is 3.77. The molecule has 1 N–H and O–H groups in total. The van der Waals surface area contributed by atoms with E-state index in [2.05, 4.69) is 30.9 Å². The van der Waals surface area contributed by atoms with E-state index in [-0.39, 0.29) is 5.60 Å². The molecular formula is C17H33NOS. The Hall–Kier alpha value is 0.270. The van der Waals surface area contributed by atoms with E-state index in [1.54, 1.807) is 0 Å². The van der Waals surface area contributed by atoms with Gasteiger partial charge in [0.25, 0.3) is 0 Å². The van der Waals surface area contributed by atoms with Crippen LogP contribution >= 0.6 is 11.8 Å². The minimum absolute atomic E-state index is 0.243. The fraction of sp³-hybridized carbons (Fsp3) is 1.00. The van der Waals surface area contributed by atoms with Gasteiger partial charge in [-0.1, -0.05) is 33.1 Å². The third-order valence-electron chi connectivity index (χ3n) is 5.09. The Balaban J connectivity index is 1.89. The molecule has 0 amide bonds. The molecule has 2 aliphatic heterocycles. The van der Waals surface area contributed by atoms with Crippen molar-refractivity contribution in [1.82, 2.24) is 5.32 Å². The summed E-state index contributed by atoms with van der Waals surface area (Å²) in [6.07, 6.45) is 10.6. The molecule has 0 radical (unpaired) electrons. The molecule has 1 spiro atoms. The molecule has 0 aliphatic carbocycles. The zero-order chi connectivity index (χ0) is 14.3. The Morgan fingerprint density at radius 2 is 2.05 bits per heavy atom. The van der Waals surface area contributed by atoms with Crippen LogP contribution in [0.3, 0.4) is 0 Å². The Morgan fingerprint density at radius 3 is 2.75 bits per heavy atom. The summed E-state index contributed by atoms with van der Waals surface area (Å²) in [7, 11) is 0. The van der Waals surface area contributed by atoms with Crippen LogP contribution in [0.4, 0.5) is 0 Å². The molecule has 0 aromatic carbocycles. The molecule has 0 aromatic heterocycles. The first-order chi connectivity index (χ1) is 9.79. The summed E-state index contributed by atoms with van der Waals surface area (Å²) >= 11 is 2.10. The molecule has 2 unspecified atom stereocenters. The van der Waals surface area contributed by atoms with Crippen LogP contribution in [0.2, 0.25) is 0 Å². The summed E-state index contributed by atoms with van der Waals surface area (Å²) in [5.74, 6) is 3.44. The predicted molar refractivity (Wildman–Crippen MR) is 89.6 cm³/mol. The number of thioether (sulfide) groups is 1. The van der Waals surface area contributed by atoms with E-state index < -0.39 is 0 Å². The van der Waals surface area contributed by atoms with E-state index in [0.29, 0.717) is 0 Å². The fourth-order valence-corrected chi connectivity index (χ4v) is 5.12. The van der Waals surface area contributed by atoms with E-state index in [1.807, 2.05) is 0 Å². The summed E-state index contributed by atoms with van der Waals surface area (Å²) in [6.45, 7) is 6.65. The SMILES string of the molecule is CCCCCC(NCC)C1CCOC2(CCSCC2)C1. The van der Waals surface area contributed by atoms with Crippen LogP contribution in [0.5, 0.6) is 0 Å². The van der Waals surface area contributed by atoms with Gasteiger partial charge in [-0.3, -0.25) is 0 Å². The largest absolute Gasteiger partial charge is 0.375 e. The van der Waals surface area contributed by atoms with Gasteiger partial charge in [0.2, 0.25) is 0 Å². The molecular weight excluding hydrogens is 266 g/mol. The number of nitrogens with one attached hydrogen (secondary N) is 1. The monoisotopic (exact) mass is 299 g/mol. The summed E-state index contributed by atoms with van der Waals surface area (Å²) in [5.41, 5.74) is 0.243. The van der Waals surface area contributed by atoms with Crippen molar-refractivity contribution in [2.24, 2.45) is 5.92 Å². The first-order valence-electron chi connectivity index (χ1n) is 8.75. The van der Waals surface area contributed by atoms with Crippen molar-refractivity contribution in [3.8, 4) is 0 Å². The van der Waals surface area contributed by atoms with Crippen LogP contribution in [0.15, 0.2) is 0 Å². The van der Waals surface area contributed by atoms with Gasteiger partial charge in [-0.2, -0.15) is 11.8 Å². The molecule has 20 heavy (non-hydrogen) atoms. The van der Waals surface area contributed by atoms with Gasteiger partial charge in [-0.05, 0) is 56.1 Å². The number of unbranched alkanes of at least 4 members (excludes halogenated alkanes) is 2. The molecule has 0 saturated carbocycles. The minimum atomic E-state index is 0.243. The van der Waals surface area contributed by atoms with Crippen LogP contribution in [0.25, 0.3) is 0 Å². The average Bonchev–Trinajstić information content (AvgIpc) is 2.47. The maximum Gasteiger partial charge on any atom is 0.0701 e. The number of ether oxygens (including phenoxy) is 1. The van der Waals surface area contributed by atoms with E-state index in [1.165, 1.54) is 62.9 Å². The van der Waals surface area contributed by atoms with Gasteiger partial charge in [-0.15, -0.1) is 0 Å². The van der Waals surface area contributed by atoms with Crippen LogP contribution < -0.4 is 5.32 Å². The summed E-state index contributed by atoms with van der Waals surface area (Å²) in [4.78, 5) is 0. The highest BCUT2D eigenvalue weighted by atomic mass is 32.2. The smallest absolute Gasteiger partial charge is 0.0701 e. The molecule has 2 atom stereocenters. The first kappa shape index (κ1) is 16.6. The normalized spacial score (nSPS) is 27.6. The standard InChI is InChI=1S/C17H33NOS/c1-3-5-6-7-16(18-4-2)15-8-11-19-17(14-15)9-12-20-13-10-17/h15-16,18H,3-14H2,1-2H3. The summed E-state index contributed by atoms with van der Waals surface area (Å²) in [6, 6.07) is 0.724. The lowest BCUT2D eigenvalue weighted by molar-refractivity contribution is -0.107. The second-order valence-electron chi connectivity index (χ2n) is 6.56. The number of hydrogen-bond donors (Lipinski definition) is 1. The molecule has 2 aliphatic rings. The lowest BCUT2D eigenvalue weighted by atomic mass is 9.77. The van der Waals surface area contributed by atoms with E-state index in [0.717, 1.165) is 25.1 Å². The zero-order valence-electron chi connectivity index (χ0n) is 13.5. The first-order valence-corrected chi connectivity index (χ1v) is 9.90. The predicted octanol–water partition coefficient (Wildman–Crippen LogP) is 4.24. The highest BCUT2D eigenvalue weighted by Gasteiger charge is 2.40. The molecule has 0 bridgehead atoms. The van der Waals surface area contributed by atoms with E-state index in [4.69, 9.17) is 4.74 Å². The van der Waals surface area contributed by atoms with Crippen LogP contribution in [0.1, 0.15) is 65.2 Å². The van der Waals surface area contributed by atoms with Gasteiger partial charge in [0.05, 0.1) is 5.60 Å². The second-order valence-corrected chi connectivity index (χ2v) is 7.78. The molecule has 2 saturated heterocycles. The van der Waals surface area contributed by atoms with Crippen LogP contribution in [-0.2, 0) is 4.74 Å². The summed E-state index contributed by atoms with van der Waals surface area (Å²) < 4.78 is 6.25. The topological polar surface area (TPSA) is 21.3 Å². The van der Waals surface area contributed by atoms with Crippen molar-refractivity contribution in [2.45, 2.75) is 76.9 Å². The van der Waals surface area contributed by atoms with E-state index >= 15 is 0 Å². The van der Waals surface area contributed by atoms with Gasteiger partial charge >= 0.3 is 0 Å². The van der Waals surface area contributed by atoms with Gasteiger partial charge in [0, 0.05) is 12.6 Å². The zero-order valence-corrected chi connectivity index (χ0v) is 14.3. The van der Waals surface area contributed by atoms with Gasteiger partial charge < -0.3 is 10.1 Å². The second kappa shape index (κ2) is 8.65. The molecule has 2 nitrogen and oxygen atoms in total. The number of hydrogen-bond acceptors (Lipinski definition) is 3. The van der Waals surface area contributed by atoms with Crippen molar-refractivity contribution in [3.63, 3.8) is 0 Å². The average molecular weight is 300 g/mol. The van der Waals surface area contributed by atoms with Crippen molar-refractivity contribution in [1.29, 1.82) is 0 Å². The number of rotatable bonds is 7. The van der Waals surface area contributed by atoms with Crippen molar-refractivity contribution >= 4 is 11.8 Å². The maximum absolute atomic E-state index is 6.25. The lowest BCUT2D eigenvalue weighted by Crippen LogP contribution is -2.48. The molecule has 2 heterocycles. The Morgan fingerprint density at radius 1 is 1.25 bits per heavy atom. The van der Waals surface area contributed by atoms with E-state index in [9.17, 15) is 0 Å². The molecule has 118 valence electrons. The molecule has 0 aromatic rings. The van der Waals surface area contributed by atoms with Crippen LogP contribution in [-0.4, -0.2) is 36.3 Å². The quantitative estimate of drug-likeness (QED) is 0.711. The van der Waals surface area contributed by atoms with Gasteiger partial charge in [-0.25, -0.2) is 0 Å². The van der Waals surface area contributed by atoms with Crippen molar-refractivity contribution < 1.29 is 4.74 Å². The van der Waals surface area contributed by atoms with Gasteiger partial charge in [0.15, 0.2) is 0 Å². The third kappa shape index (κ3) is 4.64. The third-order valence-corrected chi connectivity index (χ3v) is 6.07. The Kier molecular flexibility index (Phi) is 7.20.